The number of carbonyl (C=O) groups excluding carboxylic acids is 2. The number of para-hydroxylation sites is 1. The molecular weight excluding hydrogens is 416 g/mol. The van der Waals surface area contributed by atoms with Crippen LogP contribution in [-0.4, -0.2) is 35.4 Å². The molecule has 0 fully saturated rings. The average molecular weight is 439 g/mol. The summed E-state index contributed by atoms with van der Waals surface area (Å²) in [5, 5.41) is 2.72. The Labute approximate surface area is 184 Å². The molecule has 0 saturated heterocycles. The van der Waals surface area contributed by atoms with Gasteiger partial charge < -0.3 is 10.2 Å². The number of amides is 2. The molecule has 0 spiro atoms. The molecule has 0 radical (unpaired) electrons. The maximum atomic E-state index is 14.2. The quantitative estimate of drug-likeness (QED) is 0.637. The molecule has 0 bridgehead atoms. The Kier molecular flexibility index (Phi) is 6.82. The van der Waals surface area contributed by atoms with Crippen molar-refractivity contribution in [2.24, 2.45) is 0 Å². The molecule has 166 valence electrons. The number of carbonyl (C=O) groups is 2. The third kappa shape index (κ3) is 4.91. The monoisotopic (exact) mass is 439 g/mol. The Bertz CT molecular complexity index is 1240. The summed E-state index contributed by atoms with van der Waals surface area (Å²) in [6.07, 6.45) is 1.96. The maximum absolute atomic E-state index is 14.2. The van der Waals surface area contributed by atoms with Gasteiger partial charge in [-0.15, -0.1) is 0 Å². The molecule has 1 aromatic heterocycles. The van der Waals surface area contributed by atoms with Crippen LogP contribution < -0.4 is 10.9 Å². The maximum Gasteiger partial charge on any atom is 0.268 e. The Balaban J connectivity index is 1.94. The third-order valence-corrected chi connectivity index (χ3v) is 5.07. The number of aryl methyl sites for hydroxylation is 2. The Morgan fingerprint density at radius 1 is 1.06 bits per heavy atom. The van der Waals surface area contributed by atoms with Crippen LogP contribution in [0, 0.1) is 18.6 Å². The van der Waals surface area contributed by atoms with Gasteiger partial charge in [0.1, 0.15) is 17.2 Å². The van der Waals surface area contributed by atoms with E-state index in [9.17, 15) is 23.2 Å². The molecule has 8 heteroatoms. The smallest absolute Gasteiger partial charge is 0.268 e. The first-order valence-electron chi connectivity index (χ1n) is 9.96. The van der Waals surface area contributed by atoms with Crippen LogP contribution >= 0.6 is 0 Å². The average Bonchev–Trinajstić information content (AvgIpc) is 2.75. The van der Waals surface area contributed by atoms with Crippen LogP contribution in [0.2, 0.25) is 0 Å². The standard InChI is InChI=1S/C24H23F2N3O3/c1-15-12-13-29(20-14-17(25)9-10-18(20)26)24(32)22(15)23(31)27-19-7-5-4-6-16(19)8-11-21(30)28(2)3/h4-7,9-10,12-14H,8,11H2,1-3H3,(H,27,31). The van der Waals surface area contributed by atoms with Crippen LogP contribution in [0.1, 0.15) is 27.9 Å². The molecule has 0 saturated carbocycles. The first-order chi connectivity index (χ1) is 15.2. The second kappa shape index (κ2) is 9.55. The fourth-order valence-electron chi connectivity index (χ4n) is 3.27. The highest BCUT2D eigenvalue weighted by molar-refractivity contribution is 6.05. The van der Waals surface area contributed by atoms with Crippen molar-refractivity contribution < 1.29 is 18.4 Å². The lowest BCUT2D eigenvalue weighted by Crippen LogP contribution is -2.30. The van der Waals surface area contributed by atoms with E-state index in [2.05, 4.69) is 5.32 Å². The van der Waals surface area contributed by atoms with E-state index in [0.717, 1.165) is 28.3 Å². The minimum Gasteiger partial charge on any atom is -0.349 e. The topological polar surface area (TPSA) is 71.4 Å². The van der Waals surface area contributed by atoms with Crippen molar-refractivity contribution in [2.45, 2.75) is 19.8 Å². The lowest BCUT2D eigenvalue weighted by Gasteiger charge is -2.15. The van der Waals surface area contributed by atoms with Crippen molar-refractivity contribution in [3.8, 4) is 5.69 Å². The molecule has 2 aromatic carbocycles. The molecular formula is C24H23F2N3O3. The van der Waals surface area contributed by atoms with Gasteiger partial charge in [-0.25, -0.2) is 8.78 Å². The van der Waals surface area contributed by atoms with Gasteiger partial charge in [-0.05, 0) is 48.7 Å². The first-order valence-corrected chi connectivity index (χ1v) is 9.96. The van der Waals surface area contributed by atoms with Gasteiger partial charge >= 0.3 is 0 Å². The zero-order chi connectivity index (χ0) is 23.4. The second-order valence-electron chi connectivity index (χ2n) is 7.54. The Morgan fingerprint density at radius 3 is 2.50 bits per heavy atom. The fourth-order valence-corrected chi connectivity index (χ4v) is 3.27. The first kappa shape index (κ1) is 22.9. The number of anilines is 1. The lowest BCUT2D eigenvalue weighted by atomic mass is 10.1. The van der Waals surface area contributed by atoms with Crippen molar-refractivity contribution in [3.63, 3.8) is 0 Å². The SMILES string of the molecule is Cc1ccn(-c2cc(F)ccc2F)c(=O)c1C(=O)Nc1ccccc1CCC(=O)N(C)C. The lowest BCUT2D eigenvalue weighted by molar-refractivity contribution is -0.128. The summed E-state index contributed by atoms with van der Waals surface area (Å²) < 4.78 is 28.7. The molecule has 0 atom stereocenters. The molecule has 32 heavy (non-hydrogen) atoms. The number of halogens is 2. The third-order valence-electron chi connectivity index (χ3n) is 5.07. The van der Waals surface area contributed by atoms with E-state index >= 15 is 0 Å². The van der Waals surface area contributed by atoms with Crippen LogP contribution in [0.15, 0.2) is 59.5 Å². The summed E-state index contributed by atoms with van der Waals surface area (Å²) in [5.41, 5.74) is 0.353. The van der Waals surface area contributed by atoms with Crippen molar-refractivity contribution in [1.29, 1.82) is 0 Å². The number of benzene rings is 2. The van der Waals surface area contributed by atoms with E-state index in [1.54, 1.807) is 45.3 Å². The van der Waals surface area contributed by atoms with Crippen LogP contribution in [0.5, 0.6) is 0 Å². The largest absolute Gasteiger partial charge is 0.349 e. The predicted molar refractivity (Wildman–Crippen MR) is 118 cm³/mol. The van der Waals surface area contributed by atoms with E-state index in [4.69, 9.17) is 0 Å². The predicted octanol–water partition coefficient (Wildman–Crippen LogP) is 3.70. The number of pyridine rings is 1. The summed E-state index contributed by atoms with van der Waals surface area (Å²) in [4.78, 5) is 39.5. The molecule has 0 aliphatic heterocycles. The molecule has 1 N–H and O–H groups in total. The van der Waals surface area contributed by atoms with Crippen molar-refractivity contribution >= 4 is 17.5 Å². The van der Waals surface area contributed by atoms with Gasteiger partial charge in [0, 0.05) is 38.5 Å². The van der Waals surface area contributed by atoms with Gasteiger partial charge in [-0.2, -0.15) is 0 Å². The zero-order valence-corrected chi connectivity index (χ0v) is 18.0. The van der Waals surface area contributed by atoms with Crippen LogP contribution in [0.25, 0.3) is 5.69 Å². The summed E-state index contributed by atoms with van der Waals surface area (Å²) in [6, 6.07) is 11.2. The molecule has 0 unspecified atom stereocenters. The van der Waals surface area contributed by atoms with Crippen molar-refractivity contribution in [2.75, 3.05) is 19.4 Å². The highest BCUT2D eigenvalue weighted by Gasteiger charge is 2.19. The highest BCUT2D eigenvalue weighted by Crippen LogP contribution is 2.19. The minimum atomic E-state index is -0.792. The number of hydrogen-bond acceptors (Lipinski definition) is 3. The van der Waals surface area contributed by atoms with Gasteiger partial charge in [-0.3, -0.25) is 19.0 Å². The fraction of sp³-hybridized carbons (Fsp3) is 0.208. The zero-order valence-electron chi connectivity index (χ0n) is 18.0. The summed E-state index contributed by atoms with van der Waals surface area (Å²) in [5.74, 6) is -2.23. The van der Waals surface area contributed by atoms with Gasteiger partial charge in [0.2, 0.25) is 5.91 Å². The summed E-state index contributed by atoms with van der Waals surface area (Å²) in [6.45, 7) is 1.59. The van der Waals surface area contributed by atoms with Crippen LogP contribution in [0.4, 0.5) is 14.5 Å². The van der Waals surface area contributed by atoms with Gasteiger partial charge in [0.25, 0.3) is 11.5 Å². The molecule has 3 aromatic rings. The van der Waals surface area contributed by atoms with E-state index in [1.807, 2.05) is 0 Å². The minimum absolute atomic E-state index is 0.0509. The molecule has 0 aliphatic rings. The van der Waals surface area contributed by atoms with Gasteiger partial charge in [0.15, 0.2) is 0 Å². The van der Waals surface area contributed by atoms with Gasteiger partial charge in [0.05, 0.1) is 5.69 Å². The Hall–Kier alpha value is -3.81. The number of nitrogens with zero attached hydrogens (tertiary/aromatic N) is 2. The normalized spacial score (nSPS) is 10.7. The van der Waals surface area contributed by atoms with E-state index in [-0.39, 0.29) is 23.6 Å². The van der Waals surface area contributed by atoms with Crippen molar-refractivity contribution in [3.05, 3.63) is 93.4 Å². The molecule has 1 heterocycles. The Morgan fingerprint density at radius 2 is 1.78 bits per heavy atom. The van der Waals surface area contributed by atoms with Crippen molar-refractivity contribution in [1.82, 2.24) is 9.47 Å². The number of hydrogen-bond donors (Lipinski definition) is 1. The number of aromatic nitrogens is 1. The summed E-state index contributed by atoms with van der Waals surface area (Å²) >= 11 is 0. The molecule has 0 aliphatic carbocycles. The van der Waals surface area contributed by atoms with Crippen LogP contribution in [-0.2, 0) is 11.2 Å². The highest BCUT2D eigenvalue weighted by atomic mass is 19.1. The second-order valence-corrected chi connectivity index (χ2v) is 7.54. The summed E-state index contributed by atoms with van der Waals surface area (Å²) in [7, 11) is 3.33. The van der Waals surface area contributed by atoms with Gasteiger partial charge in [-0.1, -0.05) is 18.2 Å². The van der Waals surface area contributed by atoms with E-state index in [1.165, 1.54) is 17.2 Å². The molecule has 3 rings (SSSR count). The van der Waals surface area contributed by atoms with E-state index in [0.29, 0.717) is 17.7 Å². The van der Waals surface area contributed by atoms with Crippen LogP contribution in [0.3, 0.4) is 0 Å². The molecule has 6 nitrogen and oxygen atoms in total. The number of nitrogens with one attached hydrogen (secondary N) is 1. The number of rotatable bonds is 6. The van der Waals surface area contributed by atoms with E-state index < -0.39 is 23.1 Å². The molecule has 2 amide bonds.